The van der Waals surface area contributed by atoms with Crippen molar-refractivity contribution >= 4 is 5.76 Å². The lowest BCUT2D eigenvalue weighted by atomic mass is 10.00. The maximum Gasteiger partial charge on any atom is 0.416 e. The lowest BCUT2D eigenvalue weighted by Gasteiger charge is -2.13. The van der Waals surface area contributed by atoms with Gasteiger partial charge in [-0.1, -0.05) is 48.0 Å². The molecular formula is C26H28F12O2. The summed E-state index contributed by atoms with van der Waals surface area (Å²) in [5.41, 5.74) is -8.84. The quantitative estimate of drug-likeness (QED) is 0.211. The van der Waals surface area contributed by atoms with Crippen molar-refractivity contribution in [2.45, 2.75) is 78.8 Å². The van der Waals surface area contributed by atoms with Crippen molar-refractivity contribution in [3.63, 3.8) is 0 Å². The first kappa shape index (κ1) is 36.9. The molecule has 1 N–H and O–H groups in total. The third-order valence-corrected chi connectivity index (χ3v) is 4.43. The van der Waals surface area contributed by atoms with Gasteiger partial charge in [-0.05, 0) is 36.4 Å². The number of hydrogen-bond donors (Lipinski definition) is 1. The smallest absolute Gasteiger partial charge is 0.416 e. The summed E-state index contributed by atoms with van der Waals surface area (Å²) >= 11 is 0. The SMILES string of the molecule is CC.CC.CCC.O/C(=C1\OC1c1cc(C(F)(F)F)cc(C(F)(F)F)c1)c1cc(C(F)(F)F)cc(C(F)(F)F)c1. The van der Waals surface area contributed by atoms with Gasteiger partial charge in [0.05, 0.1) is 22.3 Å². The highest BCUT2D eigenvalue weighted by atomic mass is 19.4. The Kier molecular flexibility index (Phi) is 12.9. The first-order valence-electron chi connectivity index (χ1n) is 11.9. The zero-order chi connectivity index (χ0) is 31.9. The van der Waals surface area contributed by atoms with Crippen LogP contribution in [-0.4, -0.2) is 5.11 Å². The zero-order valence-electron chi connectivity index (χ0n) is 22.1. The van der Waals surface area contributed by atoms with Gasteiger partial charge in [0.2, 0.25) is 0 Å². The van der Waals surface area contributed by atoms with Gasteiger partial charge >= 0.3 is 24.7 Å². The van der Waals surface area contributed by atoms with Crippen LogP contribution in [0.25, 0.3) is 5.76 Å². The predicted molar refractivity (Wildman–Crippen MR) is 125 cm³/mol. The van der Waals surface area contributed by atoms with Gasteiger partial charge in [-0.15, -0.1) is 0 Å². The second-order valence-corrected chi connectivity index (χ2v) is 7.55. The molecule has 1 aliphatic heterocycles. The number of aliphatic hydroxyl groups is 1. The molecule has 1 saturated heterocycles. The molecule has 40 heavy (non-hydrogen) atoms. The second kappa shape index (κ2) is 14.0. The minimum Gasteiger partial charge on any atom is -0.504 e. The molecule has 0 spiro atoms. The van der Waals surface area contributed by atoms with Crippen LogP contribution < -0.4 is 0 Å². The van der Waals surface area contributed by atoms with Crippen LogP contribution in [0.4, 0.5) is 52.7 Å². The third kappa shape index (κ3) is 10.2. The first-order valence-corrected chi connectivity index (χ1v) is 11.9. The molecule has 3 rings (SSSR count). The van der Waals surface area contributed by atoms with Crippen molar-refractivity contribution < 1.29 is 62.5 Å². The van der Waals surface area contributed by atoms with Crippen molar-refractivity contribution in [3.05, 3.63) is 75.5 Å². The van der Waals surface area contributed by atoms with Crippen LogP contribution in [0, 0.1) is 0 Å². The summed E-state index contributed by atoms with van der Waals surface area (Å²) in [6, 6.07) is 0.362. The highest BCUT2D eigenvalue weighted by Crippen LogP contribution is 2.49. The summed E-state index contributed by atoms with van der Waals surface area (Å²) in [5, 5.41) is 10.1. The summed E-state index contributed by atoms with van der Waals surface area (Å²) in [4.78, 5) is 0. The van der Waals surface area contributed by atoms with E-state index in [0.29, 0.717) is 0 Å². The van der Waals surface area contributed by atoms with E-state index < -0.39 is 75.7 Å². The fourth-order valence-corrected chi connectivity index (χ4v) is 2.86. The van der Waals surface area contributed by atoms with E-state index in [9.17, 15) is 57.8 Å². The Morgan fingerprint density at radius 2 is 0.875 bits per heavy atom. The maximum atomic E-state index is 13.0. The second-order valence-electron chi connectivity index (χ2n) is 7.55. The molecule has 2 aromatic carbocycles. The molecule has 1 fully saturated rings. The number of rotatable bonds is 2. The minimum atomic E-state index is -5.26. The molecule has 14 heteroatoms. The van der Waals surface area contributed by atoms with Gasteiger partial charge in [0.1, 0.15) is 0 Å². The van der Waals surface area contributed by atoms with Crippen LogP contribution in [0.1, 0.15) is 87.4 Å². The van der Waals surface area contributed by atoms with E-state index in [4.69, 9.17) is 4.74 Å². The van der Waals surface area contributed by atoms with Crippen LogP contribution in [0.15, 0.2) is 42.2 Å². The fourth-order valence-electron chi connectivity index (χ4n) is 2.86. The van der Waals surface area contributed by atoms with Crippen molar-refractivity contribution in [2.24, 2.45) is 0 Å². The molecule has 1 atom stereocenters. The normalized spacial score (nSPS) is 16.2. The molecule has 0 saturated carbocycles. The minimum absolute atomic E-state index is 0.129. The molecule has 0 aliphatic carbocycles. The zero-order valence-corrected chi connectivity index (χ0v) is 22.1. The molecular weight excluding hydrogens is 572 g/mol. The van der Waals surface area contributed by atoms with Gasteiger partial charge in [-0.3, -0.25) is 0 Å². The maximum absolute atomic E-state index is 13.0. The van der Waals surface area contributed by atoms with Crippen molar-refractivity contribution in [1.29, 1.82) is 0 Å². The topological polar surface area (TPSA) is 32.8 Å². The van der Waals surface area contributed by atoms with Crippen LogP contribution in [-0.2, 0) is 29.4 Å². The van der Waals surface area contributed by atoms with Crippen LogP contribution in [0.3, 0.4) is 0 Å². The van der Waals surface area contributed by atoms with Gasteiger partial charge in [-0.25, -0.2) is 0 Å². The lowest BCUT2D eigenvalue weighted by molar-refractivity contribution is -0.144. The molecule has 0 amide bonds. The molecule has 2 nitrogen and oxygen atoms in total. The number of ether oxygens (including phenoxy) is 1. The molecule has 1 aliphatic rings. The van der Waals surface area contributed by atoms with Crippen molar-refractivity contribution in [3.8, 4) is 0 Å². The summed E-state index contributed by atoms with van der Waals surface area (Å²) in [5.74, 6) is -2.10. The van der Waals surface area contributed by atoms with Gasteiger partial charge < -0.3 is 9.84 Å². The highest BCUT2D eigenvalue weighted by Gasteiger charge is 2.44. The number of hydrogen-bond acceptors (Lipinski definition) is 2. The summed E-state index contributed by atoms with van der Waals surface area (Å²) in [6.07, 6.45) is -21.4. The molecule has 1 heterocycles. The van der Waals surface area contributed by atoms with E-state index in [1.165, 1.54) is 6.42 Å². The molecule has 1 unspecified atom stereocenters. The number of halogens is 12. The Bertz CT molecular complexity index is 1060. The van der Waals surface area contributed by atoms with E-state index in [1.807, 2.05) is 27.7 Å². The van der Waals surface area contributed by atoms with Gasteiger partial charge in [-0.2, -0.15) is 52.7 Å². The Balaban J connectivity index is 0.00000199. The van der Waals surface area contributed by atoms with Crippen molar-refractivity contribution in [2.75, 3.05) is 0 Å². The van der Waals surface area contributed by atoms with E-state index >= 15 is 0 Å². The average molecular weight is 600 g/mol. The predicted octanol–water partition coefficient (Wildman–Crippen LogP) is 11.2. The number of epoxide rings is 1. The van der Waals surface area contributed by atoms with Crippen molar-refractivity contribution in [1.82, 2.24) is 0 Å². The van der Waals surface area contributed by atoms with E-state index in [1.54, 1.807) is 0 Å². The largest absolute Gasteiger partial charge is 0.504 e. The average Bonchev–Trinajstić information content (AvgIpc) is 3.65. The van der Waals surface area contributed by atoms with E-state index in [0.717, 1.165) is 0 Å². The standard InChI is InChI=1S/C19H8F12O2.C3H8.2C2H6/c20-16(21,22)9-1-7(2-10(5-9)17(23,24)25)13(32)15-14(33-15)8-3-11(18(26,27)28)6-12(4-8)19(29,30)31;1-3-2;2*1-2/h1-6,14,32H;3H2,1-2H3;2*1-2H3/b15-13-;;;. The summed E-state index contributed by atoms with van der Waals surface area (Å²) in [6.45, 7) is 12.2. The van der Waals surface area contributed by atoms with E-state index in [2.05, 4.69) is 13.8 Å². The fraction of sp³-hybridized carbons (Fsp3) is 0.462. The molecule has 0 aromatic heterocycles. The lowest BCUT2D eigenvalue weighted by Crippen LogP contribution is -2.12. The Morgan fingerprint density at radius 3 is 1.15 bits per heavy atom. The number of benzene rings is 2. The first-order chi connectivity index (χ1) is 18.2. The number of alkyl halides is 12. The monoisotopic (exact) mass is 600 g/mol. The molecule has 0 radical (unpaired) electrons. The molecule has 2 aromatic rings. The molecule has 228 valence electrons. The Morgan fingerprint density at radius 1 is 0.600 bits per heavy atom. The van der Waals surface area contributed by atoms with Crippen LogP contribution >= 0.6 is 0 Å². The van der Waals surface area contributed by atoms with E-state index in [-0.39, 0.29) is 36.4 Å². The van der Waals surface area contributed by atoms with Gasteiger partial charge in [0.25, 0.3) is 0 Å². The summed E-state index contributed by atoms with van der Waals surface area (Å²) in [7, 11) is 0. The van der Waals surface area contributed by atoms with Crippen LogP contribution in [0.5, 0.6) is 0 Å². The van der Waals surface area contributed by atoms with Crippen LogP contribution in [0.2, 0.25) is 0 Å². The summed E-state index contributed by atoms with van der Waals surface area (Å²) < 4.78 is 160. The van der Waals surface area contributed by atoms with Gasteiger partial charge in [0, 0.05) is 11.1 Å². The number of aliphatic hydroxyl groups excluding tert-OH is 1. The molecule has 0 bridgehead atoms. The Hall–Kier alpha value is -3.06. The van der Waals surface area contributed by atoms with Gasteiger partial charge in [0.15, 0.2) is 17.6 Å². The Labute approximate surface area is 223 Å². The highest BCUT2D eigenvalue weighted by molar-refractivity contribution is 5.66. The third-order valence-electron chi connectivity index (χ3n) is 4.43.